The van der Waals surface area contributed by atoms with Crippen LogP contribution in [0, 0.1) is 48.5 Å². The van der Waals surface area contributed by atoms with Gasteiger partial charge in [-0.3, -0.25) is 0 Å². The highest BCUT2D eigenvalue weighted by molar-refractivity contribution is 5.61. The van der Waals surface area contributed by atoms with Gasteiger partial charge in [0.2, 0.25) is 0 Å². The van der Waals surface area contributed by atoms with E-state index in [1.54, 1.807) is 74.5 Å². The van der Waals surface area contributed by atoms with Crippen LogP contribution in [0.5, 0.6) is 86.2 Å². The summed E-state index contributed by atoms with van der Waals surface area (Å²) in [5.41, 5.74) is 14.6. The Morgan fingerprint density at radius 2 is 0.522 bits per heavy atom. The van der Waals surface area contributed by atoms with Gasteiger partial charge in [-0.1, -0.05) is 109 Å². The highest BCUT2D eigenvalue weighted by Gasteiger charge is 2.27. The minimum Gasteiger partial charge on any atom is -0.508 e. The maximum absolute atomic E-state index is 10.6. The molecule has 0 unspecified atom stereocenters. The number of rotatable bonds is 11. The number of aromatic hydroxyl groups is 15. The summed E-state index contributed by atoms with van der Waals surface area (Å²) in [7, 11) is 0. The van der Waals surface area contributed by atoms with Crippen molar-refractivity contribution in [3.8, 4) is 86.2 Å². The van der Waals surface area contributed by atoms with Crippen LogP contribution in [0.3, 0.4) is 0 Å². The molecule has 15 N–H and O–H groups in total. The number of hydrogen-bond donors (Lipinski definition) is 15. The summed E-state index contributed by atoms with van der Waals surface area (Å²) in [5.74, 6) is -1.44. The van der Waals surface area contributed by atoms with E-state index in [4.69, 9.17) is 0 Å². The summed E-state index contributed by atoms with van der Waals surface area (Å²) < 4.78 is 0. The molecular weight excluding hydrogens is 1160 g/mol. The molecule has 11 aromatic rings. The van der Waals surface area contributed by atoms with Crippen LogP contribution in [0.1, 0.15) is 118 Å². The Labute approximate surface area is 533 Å². The average molecular weight is 1240 g/mol. The molecular formula is C77H74O15. The Balaban J connectivity index is 0.000000159. The predicted molar refractivity (Wildman–Crippen MR) is 355 cm³/mol. The van der Waals surface area contributed by atoms with Crippen molar-refractivity contribution in [1.82, 2.24) is 0 Å². The van der Waals surface area contributed by atoms with Crippen molar-refractivity contribution in [2.75, 3.05) is 0 Å². The quantitative estimate of drug-likeness (QED) is 0.0423. The van der Waals surface area contributed by atoms with Crippen molar-refractivity contribution >= 4 is 0 Å². The highest BCUT2D eigenvalue weighted by Crippen LogP contribution is 2.47. The first-order chi connectivity index (χ1) is 43.7. The molecule has 0 aliphatic rings. The third-order valence-electron chi connectivity index (χ3n) is 16.3. The molecule has 0 spiro atoms. The number of phenolic OH excluding ortho intramolecular Hbond substituents is 15. The van der Waals surface area contributed by atoms with Crippen molar-refractivity contribution < 1.29 is 76.6 Å². The number of aryl methyl sites for hydroxylation is 5. The molecule has 0 amide bonds. The Morgan fingerprint density at radius 3 is 0.880 bits per heavy atom. The van der Waals surface area contributed by atoms with Gasteiger partial charge in [-0.15, -0.1) is 0 Å². The van der Waals surface area contributed by atoms with E-state index in [0.29, 0.717) is 28.7 Å². The van der Waals surface area contributed by atoms with Gasteiger partial charge in [0.1, 0.15) is 40.2 Å². The molecule has 0 aromatic heterocycles. The molecule has 11 aromatic carbocycles. The fraction of sp³-hybridized carbons (Fsp3) is 0.143. The summed E-state index contributed by atoms with van der Waals surface area (Å²) >= 11 is 0. The SMILES string of the molecule is Cc1cc(O)c(O)cc1C(c1ccccc1)c1cc(O)c(O)cc1C.Cc1cc(O)c(O)cc1Cc1cc(O)c(O)cc1C.Cc1ccc(C(c2ccc(O)c(C)c2O)c2ccc(O)c(C)c2O)cc1.Oc1ccc(C(c2ccc(O)cc2)c2ccc(O)cc2)cc1. The fourth-order valence-corrected chi connectivity index (χ4v) is 11.0. The van der Waals surface area contributed by atoms with E-state index in [1.807, 2.05) is 126 Å². The van der Waals surface area contributed by atoms with Crippen molar-refractivity contribution in [3.63, 3.8) is 0 Å². The van der Waals surface area contributed by atoms with Gasteiger partial charge in [0.05, 0.1) is 0 Å². The zero-order chi connectivity index (χ0) is 66.8. The molecule has 0 aliphatic carbocycles. The van der Waals surface area contributed by atoms with Crippen LogP contribution >= 0.6 is 0 Å². The summed E-state index contributed by atoms with van der Waals surface area (Å²) in [5, 5.41) is 147. The second-order valence-corrected chi connectivity index (χ2v) is 22.8. The average Bonchev–Trinajstić information content (AvgIpc) is 0.803. The molecule has 0 saturated carbocycles. The van der Waals surface area contributed by atoms with Crippen LogP contribution in [0.4, 0.5) is 0 Å². The van der Waals surface area contributed by atoms with Crippen molar-refractivity contribution in [1.29, 1.82) is 0 Å². The van der Waals surface area contributed by atoms with E-state index in [9.17, 15) is 76.6 Å². The van der Waals surface area contributed by atoms with Gasteiger partial charge >= 0.3 is 0 Å². The molecule has 15 heteroatoms. The van der Waals surface area contributed by atoms with Crippen molar-refractivity contribution in [3.05, 3.63) is 300 Å². The van der Waals surface area contributed by atoms with Gasteiger partial charge in [0.25, 0.3) is 0 Å². The van der Waals surface area contributed by atoms with Crippen molar-refractivity contribution in [2.24, 2.45) is 0 Å². The first kappa shape index (κ1) is 66.4. The molecule has 472 valence electrons. The highest BCUT2D eigenvalue weighted by atomic mass is 16.3. The Morgan fingerprint density at radius 1 is 0.239 bits per heavy atom. The lowest BCUT2D eigenvalue weighted by Crippen LogP contribution is -2.07. The Bertz CT molecular complexity index is 4100. The second kappa shape index (κ2) is 28.7. The smallest absolute Gasteiger partial charge is 0.157 e. The fourth-order valence-electron chi connectivity index (χ4n) is 11.0. The van der Waals surface area contributed by atoms with E-state index in [-0.39, 0.29) is 98.1 Å². The van der Waals surface area contributed by atoms with E-state index in [2.05, 4.69) is 0 Å². The second-order valence-electron chi connectivity index (χ2n) is 22.8. The summed E-state index contributed by atoms with van der Waals surface area (Å²) in [6.07, 6.45) is 0.499. The van der Waals surface area contributed by atoms with E-state index >= 15 is 0 Å². The number of benzene rings is 11. The maximum Gasteiger partial charge on any atom is 0.157 e. The van der Waals surface area contributed by atoms with Crippen molar-refractivity contribution in [2.45, 2.75) is 72.6 Å². The van der Waals surface area contributed by atoms with Gasteiger partial charge in [0.15, 0.2) is 46.0 Å². The van der Waals surface area contributed by atoms with Crippen LogP contribution in [0.25, 0.3) is 0 Å². The van der Waals surface area contributed by atoms with Gasteiger partial charge in [-0.05, 0) is 224 Å². The monoisotopic (exact) mass is 1240 g/mol. The van der Waals surface area contributed by atoms with E-state index < -0.39 is 5.92 Å². The normalized spacial score (nSPS) is 10.9. The first-order valence-corrected chi connectivity index (χ1v) is 29.3. The summed E-state index contributed by atoms with van der Waals surface area (Å²) in [6, 6.07) is 57.3. The summed E-state index contributed by atoms with van der Waals surface area (Å²) in [4.78, 5) is 0. The van der Waals surface area contributed by atoms with Crippen LogP contribution in [0.2, 0.25) is 0 Å². The lowest BCUT2D eigenvalue weighted by atomic mass is 9.81. The molecule has 15 nitrogen and oxygen atoms in total. The zero-order valence-corrected chi connectivity index (χ0v) is 51.7. The van der Waals surface area contributed by atoms with Crippen LogP contribution in [-0.4, -0.2) is 76.6 Å². The molecule has 0 saturated heterocycles. The number of phenols is 15. The van der Waals surface area contributed by atoms with Crippen LogP contribution in [-0.2, 0) is 6.42 Å². The zero-order valence-electron chi connectivity index (χ0n) is 51.7. The molecule has 92 heavy (non-hydrogen) atoms. The van der Waals surface area contributed by atoms with Gasteiger partial charge in [0, 0.05) is 40.0 Å². The lowest BCUT2D eigenvalue weighted by molar-refractivity contribution is 0.401. The standard InChI is InChI=1S/C22H22O4.C21H20O4.C19H16O3.C15H16O4/c1-12-4-6-15(7-5-12)20(16-8-10-18(23)13(2)21(16)25)17-9-11-19(24)14(3)22(17)26;1-12-8-17(22)19(24)10-15(12)21(14-6-4-3-5-7-14)16-11-20(25)18(23)9-13(16)2;20-16-7-1-13(2-8-16)19(14-3-9-17(21)10-4-14)15-5-11-18(22)12-6-15;1-8-3-12(16)14(18)6-10(8)5-11-7-15(19)13(17)4-9(11)2/h4-11,20,23-26H,1-3H3;3-11,21-25H,1-2H3;1-12,19-22H;3-4,6-7,16-19H,5H2,1-2H3. The summed E-state index contributed by atoms with van der Waals surface area (Å²) in [6.45, 7) is 12.7. The molecule has 0 aliphatic heterocycles. The molecule has 0 bridgehead atoms. The largest absolute Gasteiger partial charge is 0.508 e. The predicted octanol–water partition coefficient (Wildman–Crippen LogP) is 15.6. The third kappa shape index (κ3) is 15.5. The Kier molecular flexibility index (Phi) is 20.7. The lowest BCUT2D eigenvalue weighted by Gasteiger charge is -2.23. The van der Waals surface area contributed by atoms with E-state index in [0.717, 1.165) is 77.9 Å². The molecule has 0 heterocycles. The third-order valence-corrected chi connectivity index (χ3v) is 16.3. The van der Waals surface area contributed by atoms with Gasteiger partial charge in [-0.2, -0.15) is 0 Å². The van der Waals surface area contributed by atoms with Crippen LogP contribution < -0.4 is 0 Å². The van der Waals surface area contributed by atoms with Gasteiger partial charge < -0.3 is 76.6 Å². The van der Waals surface area contributed by atoms with Gasteiger partial charge in [-0.25, -0.2) is 0 Å². The minimum atomic E-state index is -0.450. The topological polar surface area (TPSA) is 303 Å². The molecule has 0 fully saturated rings. The molecule has 0 radical (unpaired) electrons. The number of hydrogen-bond acceptors (Lipinski definition) is 15. The van der Waals surface area contributed by atoms with E-state index in [1.165, 1.54) is 48.5 Å². The minimum absolute atomic E-state index is 0.0132. The molecule has 11 rings (SSSR count). The molecule has 0 atom stereocenters. The Hall–Kier alpha value is -11.6. The first-order valence-electron chi connectivity index (χ1n) is 29.3. The van der Waals surface area contributed by atoms with Crippen LogP contribution in [0.15, 0.2) is 200 Å². The maximum atomic E-state index is 10.6.